The predicted molar refractivity (Wildman–Crippen MR) is 108 cm³/mol. The monoisotopic (exact) mass is 394 g/mol. The highest BCUT2D eigenvalue weighted by atomic mass is 16.2. The van der Waals surface area contributed by atoms with E-state index >= 15 is 0 Å². The summed E-state index contributed by atoms with van der Waals surface area (Å²) < 4.78 is 2.72. The zero-order chi connectivity index (χ0) is 20.4. The second-order valence-corrected chi connectivity index (χ2v) is 7.23. The number of aromatic nitrogens is 4. The number of aryl methyl sites for hydroxylation is 1. The fraction of sp³-hybridized carbons (Fsp3) is 0.350. The maximum Gasteiger partial charge on any atom is 0.264 e. The predicted octanol–water partition coefficient (Wildman–Crippen LogP) is 1.44. The molecule has 4 rings (SSSR count). The number of rotatable bonds is 5. The van der Waals surface area contributed by atoms with Gasteiger partial charge in [-0.15, -0.1) is 0 Å². The molecule has 0 aliphatic heterocycles. The topological polar surface area (TPSA) is 111 Å². The molecule has 2 aromatic heterocycles. The lowest BCUT2D eigenvalue weighted by atomic mass is 10.1. The normalized spacial score (nSPS) is 14.2. The maximum absolute atomic E-state index is 12.6. The summed E-state index contributed by atoms with van der Waals surface area (Å²) in [4.78, 5) is 41.9. The highest BCUT2D eigenvalue weighted by Gasteiger charge is 2.20. The number of fused-ring (bicyclic) bond motifs is 1. The molecule has 0 spiro atoms. The van der Waals surface area contributed by atoms with Crippen molar-refractivity contribution >= 4 is 28.5 Å². The molecule has 2 N–H and O–H groups in total. The van der Waals surface area contributed by atoms with Crippen LogP contribution in [0.2, 0.25) is 0 Å². The third-order valence-corrected chi connectivity index (χ3v) is 5.17. The first-order valence-electron chi connectivity index (χ1n) is 9.60. The number of carbonyl (C=O) groups excluding carboxylic acids is 2. The van der Waals surface area contributed by atoms with E-state index in [0.29, 0.717) is 22.3 Å². The average Bonchev–Trinajstić information content (AvgIpc) is 3.34. The fourth-order valence-electron chi connectivity index (χ4n) is 3.65. The van der Waals surface area contributed by atoms with Crippen LogP contribution in [0.5, 0.6) is 0 Å². The van der Waals surface area contributed by atoms with E-state index in [1.54, 1.807) is 31.3 Å². The summed E-state index contributed by atoms with van der Waals surface area (Å²) in [6.07, 6.45) is 6.95. The number of para-hydroxylation sites is 1. The van der Waals surface area contributed by atoms with E-state index in [0.717, 1.165) is 25.7 Å². The van der Waals surface area contributed by atoms with Gasteiger partial charge in [-0.05, 0) is 25.0 Å². The minimum Gasteiger partial charge on any atom is -0.349 e. The van der Waals surface area contributed by atoms with Gasteiger partial charge in [0.05, 0.1) is 17.4 Å². The average molecular weight is 394 g/mol. The number of hydrogen-bond acceptors (Lipinski definition) is 5. The van der Waals surface area contributed by atoms with Gasteiger partial charge in [0.25, 0.3) is 11.5 Å². The second kappa shape index (κ2) is 7.86. The summed E-state index contributed by atoms with van der Waals surface area (Å²) >= 11 is 0. The molecule has 9 heteroatoms. The number of anilines is 1. The van der Waals surface area contributed by atoms with Crippen LogP contribution >= 0.6 is 0 Å². The highest BCUT2D eigenvalue weighted by molar-refractivity contribution is 6.03. The van der Waals surface area contributed by atoms with Crippen LogP contribution in [0.15, 0.2) is 41.6 Å². The molecule has 0 unspecified atom stereocenters. The molecule has 0 radical (unpaired) electrons. The molecule has 1 aliphatic carbocycles. The van der Waals surface area contributed by atoms with E-state index in [1.807, 2.05) is 0 Å². The number of nitrogens with zero attached hydrogens (tertiary/aromatic N) is 4. The van der Waals surface area contributed by atoms with Gasteiger partial charge in [0.15, 0.2) is 5.65 Å². The van der Waals surface area contributed by atoms with Gasteiger partial charge in [-0.25, -0.2) is 4.98 Å². The Morgan fingerprint density at radius 1 is 1.21 bits per heavy atom. The number of amides is 2. The Kier molecular flexibility index (Phi) is 5.11. The Balaban J connectivity index is 1.49. The number of hydrogen-bond donors (Lipinski definition) is 2. The van der Waals surface area contributed by atoms with Crippen molar-refractivity contribution in [2.45, 2.75) is 38.3 Å². The van der Waals surface area contributed by atoms with E-state index in [1.165, 1.54) is 21.8 Å². The lowest BCUT2D eigenvalue weighted by Gasteiger charge is -2.15. The third-order valence-electron chi connectivity index (χ3n) is 5.17. The Bertz CT molecular complexity index is 1130. The van der Waals surface area contributed by atoms with Crippen molar-refractivity contribution in [1.82, 2.24) is 24.6 Å². The molecule has 0 atom stereocenters. The van der Waals surface area contributed by atoms with E-state index < -0.39 is 5.91 Å². The Morgan fingerprint density at radius 3 is 2.76 bits per heavy atom. The molecule has 2 amide bonds. The third kappa shape index (κ3) is 3.89. The van der Waals surface area contributed by atoms with Crippen LogP contribution in [-0.4, -0.2) is 37.2 Å². The van der Waals surface area contributed by atoms with Gasteiger partial charge in [0, 0.05) is 13.1 Å². The molecule has 2 heterocycles. The molecule has 1 aromatic carbocycles. The summed E-state index contributed by atoms with van der Waals surface area (Å²) in [6.45, 7) is -0.213. The van der Waals surface area contributed by atoms with Gasteiger partial charge in [0.2, 0.25) is 5.91 Å². The van der Waals surface area contributed by atoms with Crippen molar-refractivity contribution in [3.05, 3.63) is 52.7 Å². The molecule has 1 saturated carbocycles. The standard InChI is InChI=1S/C20H22N6O3/c1-25-18-15(10-22-25)20(29)26(12-21-18)11-17(27)24-16-9-5-4-8-14(16)19(28)23-13-6-2-3-7-13/h4-5,8-10,12-13H,2-3,6-7,11H2,1H3,(H,23,28)(H,24,27). The van der Waals surface area contributed by atoms with Crippen molar-refractivity contribution in [3.63, 3.8) is 0 Å². The zero-order valence-electron chi connectivity index (χ0n) is 16.1. The van der Waals surface area contributed by atoms with Crippen molar-refractivity contribution in [2.75, 3.05) is 5.32 Å². The number of carbonyl (C=O) groups is 2. The van der Waals surface area contributed by atoms with Gasteiger partial charge < -0.3 is 10.6 Å². The van der Waals surface area contributed by atoms with Gasteiger partial charge in [-0.1, -0.05) is 25.0 Å². The summed E-state index contributed by atoms with van der Waals surface area (Å²) in [7, 11) is 1.69. The minimum atomic E-state index is -0.418. The molecule has 3 aromatic rings. The number of benzene rings is 1. The molecule has 1 fully saturated rings. The van der Waals surface area contributed by atoms with E-state index in [4.69, 9.17) is 0 Å². The first kappa shape index (κ1) is 18.9. The first-order chi connectivity index (χ1) is 14.0. The van der Waals surface area contributed by atoms with E-state index in [9.17, 15) is 14.4 Å². The Morgan fingerprint density at radius 2 is 1.97 bits per heavy atom. The van der Waals surface area contributed by atoms with Crippen molar-refractivity contribution in [1.29, 1.82) is 0 Å². The molecule has 0 bridgehead atoms. The second-order valence-electron chi connectivity index (χ2n) is 7.23. The van der Waals surface area contributed by atoms with Crippen molar-refractivity contribution < 1.29 is 9.59 Å². The first-order valence-corrected chi connectivity index (χ1v) is 9.60. The SMILES string of the molecule is Cn1ncc2c(=O)n(CC(=O)Nc3ccccc3C(=O)NC3CCCC3)cnc21. The van der Waals surface area contributed by atoms with Gasteiger partial charge >= 0.3 is 0 Å². The maximum atomic E-state index is 12.6. The molecule has 1 aliphatic rings. The van der Waals surface area contributed by atoms with Crippen LogP contribution < -0.4 is 16.2 Å². The van der Waals surface area contributed by atoms with E-state index in [-0.39, 0.29) is 24.1 Å². The van der Waals surface area contributed by atoms with Crippen LogP contribution in [0, 0.1) is 0 Å². The van der Waals surface area contributed by atoms with Crippen LogP contribution in [0.25, 0.3) is 11.0 Å². The molecule has 0 saturated heterocycles. The van der Waals surface area contributed by atoms with E-state index in [2.05, 4.69) is 20.7 Å². The quantitative estimate of drug-likeness (QED) is 0.680. The van der Waals surface area contributed by atoms with Crippen molar-refractivity contribution in [2.24, 2.45) is 7.05 Å². The largest absolute Gasteiger partial charge is 0.349 e. The zero-order valence-corrected chi connectivity index (χ0v) is 16.1. The lowest BCUT2D eigenvalue weighted by molar-refractivity contribution is -0.116. The Labute approximate surface area is 166 Å². The molecule has 9 nitrogen and oxygen atoms in total. The van der Waals surface area contributed by atoms with Gasteiger partial charge in [-0.3, -0.25) is 23.6 Å². The molecule has 29 heavy (non-hydrogen) atoms. The summed E-state index contributed by atoms with van der Waals surface area (Å²) in [6, 6.07) is 7.03. The Hall–Kier alpha value is -3.49. The van der Waals surface area contributed by atoms with Crippen molar-refractivity contribution in [3.8, 4) is 0 Å². The lowest BCUT2D eigenvalue weighted by Crippen LogP contribution is -2.33. The smallest absolute Gasteiger partial charge is 0.264 e. The summed E-state index contributed by atoms with van der Waals surface area (Å²) in [5.74, 6) is -0.623. The minimum absolute atomic E-state index is 0.183. The van der Waals surface area contributed by atoms with Gasteiger partial charge in [0.1, 0.15) is 18.3 Å². The summed E-state index contributed by atoms with van der Waals surface area (Å²) in [5, 5.41) is 10.1. The summed E-state index contributed by atoms with van der Waals surface area (Å²) in [5.41, 5.74) is 0.934. The molecular weight excluding hydrogens is 372 g/mol. The highest BCUT2D eigenvalue weighted by Crippen LogP contribution is 2.20. The van der Waals surface area contributed by atoms with Gasteiger partial charge in [-0.2, -0.15) is 5.10 Å². The molecular formula is C20H22N6O3. The molecule has 150 valence electrons. The van der Waals surface area contributed by atoms with Crippen LogP contribution in [0.4, 0.5) is 5.69 Å². The number of nitrogens with one attached hydrogen (secondary N) is 2. The van der Waals surface area contributed by atoms with Crippen LogP contribution in [0.1, 0.15) is 36.0 Å². The fourth-order valence-corrected chi connectivity index (χ4v) is 3.65. The van der Waals surface area contributed by atoms with Crippen LogP contribution in [0.3, 0.4) is 0 Å². The van der Waals surface area contributed by atoms with Crippen LogP contribution in [-0.2, 0) is 18.4 Å².